The van der Waals surface area contributed by atoms with Crippen molar-refractivity contribution in [3.63, 3.8) is 0 Å². The molecule has 0 spiro atoms. The van der Waals surface area contributed by atoms with Crippen LogP contribution in [0.2, 0.25) is 0 Å². The molecule has 2 aromatic heterocycles. The summed E-state index contributed by atoms with van der Waals surface area (Å²) in [5, 5.41) is 3.83. The number of methoxy groups -OCH3 is 1. The number of nitrogens with zero attached hydrogens (tertiary/aromatic N) is 3. The highest BCUT2D eigenvalue weighted by Crippen LogP contribution is 2.27. The van der Waals surface area contributed by atoms with E-state index in [1.165, 1.54) is 31.5 Å². The summed E-state index contributed by atoms with van der Waals surface area (Å²) in [6.07, 6.45) is 4.62. The van der Waals surface area contributed by atoms with Gasteiger partial charge < -0.3 is 15.0 Å². The second-order valence-corrected chi connectivity index (χ2v) is 8.19. The minimum absolute atomic E-state index is 0.207. The molecule has 2 aliphatic rings. The van der Waals surface area contributed by atoms with Crippen LogP contribution < -0.4 is 10.1 Å². The number of carbonyl (C=O) groups is 1. The second kappa shape index (κ2) is 8.08. The molecular formula is C23H27N5O2. The highest BCUT2D eigenvalue weighted by molar-refractivity contribution is 6.05. The van der Waals surface area contributed by atoms with E-state index in [4.69, 9.17) is 4.74 Å². The van der Waals surface area contributed by atoms with Crippen LogP contribution in [0.4, 0.5) is 5.82 Å². The van der Waals surface area contributed by atoms with Gasteiger partial charge in [0.05, 0.1) is 7.11 Å². The molecule has 0 atom stereocenters. The number of hydrogen-bond donors (Lipinski definition) is 2. The van der Waals surface area contributed by atoms with Gasteiger partial charge in [0, 0.05) is 61.9 Å². The quantitative estimate of drug-likeness (QED) is 0.659. The molecule has 3 heterocycles. The third-order valence-electron chi connectivity index (χ3n) is 6.02. The summed E-state index contributed by atoms with van der Waals surface area (Å²) < 4.78 is 5.24. The van der Waals surface area contributed by atoms with Crippen LogP contribution in [0.5, 0.6) is 5.75 Å². The van der Waals surface area contributed by atoms with Gasteiger partial charge in [0.25, 0.3) is 5.91 Å². The Morgan fingerprint density at radius 3 is 2.70 bits per heavy atom. The molecule has 1 aromatic carbocycles. The maximum atomic E-state index is 12.6. The number of anilines is 1. The number of rotatable bonds is 6. The predicted molar refractivity (Wildman–Crippen MR) is 117 cm³/mol. The van der Waals surface area contributed by atoms with Crippen LogP contribution in [0.25, 0.3) is 10.9 Å². The standard InChI is InChI=1S/C23H27N5O2/c1-30-19-6-3-17-12-21(25-20(17)13-19)23(29)26-22-7-2-16(14-24-22)15-27-8-10-28(11-9-27)18-4-5-18/h2-3,6-7,12-14,18,25H,4-5,8-11,15H2,1H3,(H,24,26,29). The van der Waals surface area contributed by atoms with Crippen molar-refractivity contribution in [1.82, 2.24) is 19.8 Å². The first-order valence-corrected chi connectivity index (χ1v) is 10.6. The Hall–Kier alpha value is -2.90. The SMILES string of the molecule is COc1ccc2cc(C(=O)Nc3ccc(CN4CCN(C5CC5)CC4)cn3)[nH]c2c1. The Morgan fingerprint density at radius 2 is 2.00 bits per heavy atom. The normalized spacial score (nSPS) is 17.9. The lowest BCUT2D eigenvalue weighted by Crippen LogP contribution is -2.46. The lowest BCUT2D eigenvalue weighted by Gasteiger charge is -2.34. The number of ether oxygens (including phenoxy) is 1. The van der Waals surface area contributed by atoms with Crippen molar-refractivity contribution in [2.75, 3.05) is 38.6 Å². The van der Waals surface area contributed by atoms with Gasteiger partial charge in [0.2, 0.25) is 0 Å². The molecule has 0 unspecified atom stereocenters. The third-order valence-corrected chi connectivity index (χ3v) is 6.02. The van der Waals surface area contributed by atoms with Gasteiger partial charge in [0.1, 0.15) is 17.3 Å². The Bertz CT molecular complexity index is 1030. The van der Waals surface area contributed by atoms with Gasteiger partial charge in [-0.05, 0) is 42.7 Å². The largest absolute Gasteiger partial charge is 0.497 e. The number of carbonyl (C=O) groups excluding carboxylic acids is 1. The maximum Gasteiger partial charge on any atom is 0.273 e. The Kier molecular flexibility index (Phi) is 5.14. The molecule has 1 saturated heterocycles. The van der Waals surface area contributed by atoms with Crippen LogP contribution in [0.3, 0.4) is 0 Å². The summed E-state index contributed by atoms with van der Waals surface area (Å²) in [6, 6.07) is 12.3. The van der Waals surface area contributed by atoms with Crippen molar-refractivity contribution >= 4 is 22.6 Å². The van der Waals surface area contributed by atoms with Crippen LogP contribution >= 0.6 is 0 Å². The number of piperazine rings is 1. The summed E-state index contributed by atoms with van der Waals surface area (Å²) >= 11 is 0. The molecule has 3 aromatic rings. The molecule has 30 heavy (non-hydrogen) atoms. The topological polar surface area (TPSA) is 73.5 Å². The molecular weight excluding hydrogens is 378 g/mol. The number of aromatic amines is 1. The van der Waals surface area contributed by atoms with E-state index in [9.17, 15) is 4.79 Å². The zero-order valence-corrected chi connectivity index (χ0v) is 17.2. The van der Waals surface area contributed by atoms with Crippen LogP contribution in [-0.2, 0) is 6.54 Å². The fourth-order valence-corrected chi connectivity index (χ4v) is 4.12. The number of fused-ring (bicyclic) bond motifs is 1. The minimum Gasteiger partial charge on any atom is -0.497 e. The molecule has 0 radical (unpaired) electrons. The fourth-order valence-electron chi connectivity index (χ4n) is 4.12. The molecule has 156 valence electrons. The fraction of sp³-hybridized carbons (Fsp3) is 0.391. The maximum absolute atomic E-state index is 12.6. The number of H-pyrrole nitrogens is 1. The van der Waals surface area contributed by atoms with Crippen molar-refractivity contribution in [2.24, 2.45) is 0 Å². The van der Waals surface area contributed by atoms with Crippen molar-refractivity contribution < 1.29 is 9.53 Å². The van der Waals surface area contributed by atoms with Gasteiger partial charge in [-0.3, -0.25) is 14.6 Å². The second-order valence-electron chi connectivity index (χ2n) is 8.19. The average molecular weight is 406 g/mol. The molecule has 2 fully saturated rings. The Balaban J connectivity index is 1.18. The van der Waals surface area contributed by atoms with Gasteiger partial charge in [-0.1, -0.05) is 6.07 Å². The molecule has 1 saturated carbocycles. The van der Waals surface area contributed by atoms with E-state index in [-0.39, 0.29) is 5.91 Å². The van der Waals surface area contributed by atoms with E-state index in [1.807, 2.05) is 42.6 Å². The molecule has 1 amide bonds. The van der Waals surface area contributed by atoms with Crippen molar-refractivity contribution in [3.05, 3.63) is 53.9 Å². The number of aromatic nitrogens is 2. The Labute approximate surface area is 176 Å². The first kappa shape index (κ1) is 19.1. The van der Waals surface area contributed by atoms with E-state index in [0.717, 1.165) is 42.3 Å². The van der Waals surface area contributed by atoms with Gasteiger partial charge >= 0.3 is 0 Å². The molecule has 0 bridgehead atoms. The summed E-state index contributed by atoms with van der Waals surface area (Å²) in [4.78, 5) is 25.3. The summed E-state index contributed by atoms with van der Waals surface area (Å²) in [5.74, 6) is 1.10. The van der Waals surface area contributed by atoms with Gasteiger partial charge in [0.15, 0.2) is 0 Å². The van der Waals surface area contributed by atoms with E-state index in [2.05, 4.69) is 25.1 Å². The van der Waals surface area contributed by atoms with E-state index in [1.54, 1.807) is 7.11 Å². The zero-order valence-electron chi connectivity index (χ0n) is 17.2. The number of amides is 1. The van der Waals surface area contributed by atoms with Gasteiger partial charge in [-0.25, -0.2) is 4.98 Å². The highest BCUT2D eigenvalue weighted by Gasteiger charge is 2.31. The lowest BCUT2D eigenvalue weighted by atomic mass is 10.2. The smallest absolute Gasteiger partial charge is 0.273 e. The number of pyridine rings is 1. The number of hydrogen-bond acceptors (Lipinski definition) is 5. The van der Waals surface area contributed by atoms with E-state index < -0.39 is 0 Å². The van der Waals surface area contributed by atoms with E-state index >= 15 is 0 Å². The van der Waals surface area contributed by atoms with Crippen LogP contribution in [0.1, 0.15) is 28.9 Å². The highest BCUT2D eigenvalue weighted by atomic mass is 16.5. The third kappa shape index (κ3) is 4.17. The van der Waals surface area contributed by atoms with E-state index in [0.29, 0.717) is 11.5 Å². The molecule has 2 N–H and O–H groups in total. The van der Waals surface area contributed by atoms with Gasteiger partial charge in [-0.2, -0.15) is 0 Å². The molecule has 1 aliphatic carbocycles. The van der Waals surface area contributed by atoms with Crippen LogP contribution in [0, 0.1) is 0 Å². The molecule has 5 rings (SSSR count). The van der Waals surface area contributed by atoms with Crippen LogP contribution in [-0.4, -0.2) is 65.0 Å². The zero-order chi connectivity index (χ0) is 20.5. The summed E-state index contributed by atoms with van der Waals surface area (Å²) in [7, 11) is 1.63. The molecule has 1 aliphatic heterocycles. The minimum atomic E-state index is -0.207. The van der Waals surface area contributed by atoms with Crippen LogP contribution in [0.15, 0.2) is 42.6 Å². The summed E-state index contributed by atoms with van der Waals surface area (Å²) in [5.41, 5.74) is 2.54. The first-order chi connectivity index (χ1) is 14.7. The lowest BCUT2D eigenvalue weighted by molar-refractivity contribution is 0.102. The number of nitrogens with one attached hydrogen (secondary N) is 2. The Morgan fingerprint density at radius 1 is 1.17 bits per heavy atom. The van der Waals surface area contributed by atoms with Gasteiger partial charge in [-0.15, -0.1) is 0 Å². The van der Waals surface area contributed by atoms with Crippen molar-refractivity contribution in [1.29, 1.82) is 0 Å². The predicted octanol–water partition coefficient (Wildman–Crippen LogP) is 3.10. The number of benzene rings is 1. The monoisotopic (exact) mass is 405 g/mol. The average Bonchev–Trinajstić information content (AvgIpc) is 3.53. The van der Waals surface area contributed by atoms with Crippen molar-refractivity contribution in [2.45, 2.75) is 25.4 Å². The summed E-state index contributed by atoms with van der Waals surface area (Å²) in [6.45, 7) is 5.47. The molecule has 7 nitrogen and oxygen atoms in total. The van der Waals surface area contributed by atoms with Crippen molar-refractivity contribution in [3.8, 4) is 5.75 Å². The molecule has 7 heteroatoms. The first-order valence-electron chi connectivity index (χ1n) is 10.6.